The number of hydrogen-bond donors (Lipinski definition) is 1. The lowest BCUT2D eigenvalue weighted by Gasteiger charge is -2.22. The van der Waals surface area contributed by atoms with Crippen molar-refractivity contribution in [3.05, 3.63) is 35.9 Å². The summed E-state index contributed by atoms with van der Waals surface area (Å²) in [5.41, 5.74) is 6.70. The summed E-state index contributed by atoms with van der Waals surface area (Å²) >= 11 is 1.71. The van der Waals surface area contributed by atoms with Crippen molar-refractivity contribution >= 4 is 30.1 Å². The standard InChI is InChI=1S/C14H22N2OS.ClH/c1-18-11-8-14(17)16(10-5-9-15)12-13-6-3-2-4-7-13;/h2-4,6-7H,5,8-12,15H2,1H3;1H. The summed E-state index contributed by atoms with van der Waals surface area (Å²) in [4.78, 5) is 14.0. The van der Waals surface area contributed by atoms with Crippen molar-refractivity contribution in [2.45, 2.75) is 19.4 Å². The fourth-order valence-electron chi connectivity index (χ4n) is 1.73. The average molecular weight is 303 g/mol. The SMILES string of the molecule is CSCCC(=O)N(CCCN)Cc1ccccc1.Cl. The van der Waals surface area contributed by atoms with Crippen LogP contribution in [-0.2, 0) is 11.3 Å². The van der Waals surface area contributed by atoms with Crippen LogP contribution < -0.4 is 5.73 Å². The number of benzene rings is 1. The van der Waals surface area contributed by atoms with Crippen molar-refractivity contribution in [3.8, 4) is 0 Å². The minimum Gasteiger partial charge on any atom is -0.338 e. The van der Waals surface area contributed by atoms with Gasteiger partial charge in [0.1, 0.15) is 0 Å². The Morgan fingerprint density at radius 2 is 2.00 bits per heavy atom. The van der Waals surface area contributed by atoms with Crippen LogP contribution in [0.1, 0.15) is 18.4 Å². The molecule has 1 amide bonds. The monoisotopic (exact) mass is 302 g/mol. The van der Waals surface area contributed by atoms with Crippen LogP contribution in [0.25, 0.3) is 0 Å². The molecule has 1 rings (SSSR count). The van der Waals surface area contributed by atoms with Gasteiger partial charge in [0.25, 0.3) is 0 Å². The van der Waals surface area contributed by atoms with Crippen LogP contribution >= 0.6 is 24.2 Å². The Morgan fingerprint density at radius 1 is 1.32 bits per heavy atom. The molecular formula is C14H23ClN2OS. The van der Waals surface area contributed by atoms with Crippen molar-refractivity contribution < 1.29 is 4.79 Å². The van der Waals surface area contributed by atoms with E-state index in [2.05, 4.69) is 12.1 Å². The molecule has 0 saturated carbocycles. The zero-order valence-corrected chi connectivity index (χ0v) is 13.0. The Labute approximate surface area is 126 Å². The quantitative estimate of drug-likeness (QED) is 0.803. The van der Waals surface area contributed by atoms with E-state index in [1.54, 1.807) is 11.8 Å². The second-order valence-corrected chi connectivity index (χ2v) is 5.17. The maximum atomic E-state index is 12.1. The van der Waals surface area contributed by atoms with E-state index < -0.39 is 0 Å². The first-order valence-electron chi connectivity index (χ1n) is 6.28. The molecule has 0 radical (unpaired) electrons. The second kappa shape index (κ2) is 11.1. The van der Waals surface area contributed by atoms with Crippen LogP contribution in [0, 0.1) is 0 Å². The third-order valence-electron chi connectivity index (χ3n) is 2.72. The molecule has 0 aliphatic carbocycles. The van der Waals surface area contributed by atoms with Gasteiger partial charge in [-0.15, -0.1) is 12.4 Å². The Balaban J connectivity index is 0.00000324. The van der Waals surface area contributed by atoms with E-state index in [0.29, 0.717) is 19.5 Å². The van der Waals surface area contributed by atoms with Crippen molar-refractivity contribution in [2.75, 3.05) is 25.1 Å². The zero-order chi connectivity index (χ0) is 13.2. The smallest absolute Gasteiger partial charge is 0.223 e. The molecule has 1 aromatic carbocycles. The maximum absolute atomic E-state index is 12.1. The molecule has 0 heterocycles. The minimum atomic E-state index is 0. The van der Waals surface area contributed by atoms with Gasteiger partial charge in [-0.3, -0.25) is 4.79 Å². The number of carbonyl (C=O) groups is 1. The highest BCUT2D eigenvalue weighted by Gasteiger charge is 2.12. The van der Waals surface area contributed by atoms with Crippen molar-refractivity contribution in [3.63, 3.8) is 0 Å². The molecule has 19 heavy (non-hydrogen) atoms. The maximum Gasteiger partial charge on any atom is 0.223 e. The molecule has 0 aromatic heterocycles. The predicted molar refractivity (Wildman–Crippen MR) is 85.8 cm³/mol. The molecule has 0 aliphatic rings. The van der Waals surface area contributed by atoms with Gasteiger partial charge in [0.05, 0.1) is 0 Å². The van der Waals surface area contributed by atoms with E-state index in [4.69, 9.17) is 5.73 Å². The van der Waals surface area contributed by atoms with Crippen LogP contribution in [0.4, 0.5) is 0 Å². The number of carbonyl (C=O) groups excluding carboxylic acids is 1. The van der Waals surface area contributed by atoms with Gasteiger partial charge in [-0.25, -0.2) is 0 Å². The average Bonchev–Trinajstić information content (AvgIpc) is 2.42. The molecule has 0 unspecified atom stereocenters. The van der Waals surface area contributed by atoms with Crippen molar-refractivity contribution in [1.82, 2.24) is 4.90 Å². The van der Waals surface area contributed by atoms with Gasteiger partial charge >= 0.3 is 0 Å². The number of amides is 1. The molecule has 2 N–H and O–H groups in total. The summed E-state index contributed by atoms with van der Waals surface area (Å²) in [6.45, 7) is 2.06. The first-order valence-corrected chi connectivity index (χ1v) is 7.68. The van der Waals surface area contributed by atoms with Gasteiger partial charge in [0.2, 0.25) is 5.91 Å². The molecule has 5 heteroatoms. The normalized spacial score (nSPS) is 9.79. The molecule has 0 atom stereocenters. The lowest BCUT2D eigenvalue weighted by molar-refractivity contribution is -0.131. The first-order chi connectivity index (χ1) is 8.77. The summed E-state index contributed by atoms with van der Waals surface area (Å²) in [6.07, 6.45) is 3.49. The summed E-state index contributed by atoms with van der Waals surface area (Å²) in [6, 6.07) is 10.1. The number of rotatable bonds is 8. The summed E-state index contributed by atoms with van der Waals surface area (Å²) in [7, 11) is 0. The number of hydrogen-bond acceptors (Lipinski definition) is 3. The van der Waals surface area contributed by atoms with Crippen LogP contribution in [0.2, 0.25) is 0 Å². The summed E-state index contributed by atoms with van der Waals surface area (Å²) in [5.74, 6) is 1.11. The molecule has 108 valence electrons. The Bertz CT molecular complexity index is 349. The van der Waals surface area contributed by atoms with Crippen molar-refractivity contribution in [1.29, 1.82) is 0 Å². The van der Waals surface area contributed by atoms with E-state index in [9.17, 15) is 4.79 Å². The van der Waals surface area contributed by atoms with Crippen LogP contribution in [0.5, 0.6) is 0 Å². The molecule has 0 aliphatic heterocycles. The topological polar surface area (TPSA) is 46.3 Å². The largest absolute Gasteiger partial charge is 0.338 e. The summed E-state index contributed by atoms with van der Waals surface area (Å²) < 4.78 is 0. The highest BCUT2D eigenvalue weighted by molar-refractivity contribution is 7.98. The third-order valence-corrected chi connectivity index (χ3v) is 3.33. The van der Waals surface area contributed by atoms with Crippen LogP contribution in [-0.4, -0.2) is 35.9 Å². The Hall–Kier alpha value is -0.710. The predicted octanol–water partition coefficient (Wildman–Crippen LogP) is 2.54. The van der Waals surface area contributed by atoms with Crippen molar-refractivity contribution in [2.24, 2.45) is 5.73 Å². The van der Waals surface area contributed by atoms with Gasteiger partial charge in [-0.2, -0.15) is 11.8 Å². The minimum absolute atomic E-state index is 0. The fraction of sp³-hybridized carbons (Fsp3) is 0.500. The van der Waals surface area contributed by atoms with E-state index in [-0.39, 0.29) is 18.3 Å². The third kappa shape index (κ3) is 7.45. The first kappa shape index (κ1) is 18.3. The van der Waals surface area contributed by atoms with Gasteiger partial charge < -0.3 is 10.6 Å². The molecule has 0 spiro atoms. The Kier molecular flexibility index (Phi) is 10.7. The van der Waals surface area contributed by atoms with Gasteiger partial charge in [0.15, 0.2) is 0 Å². The van der Waals surface area contributed by atoms with Gasteiger partial charge in [-0.05, 0) is 24.8 Å². The molecule has 0 fully saturated rings. The lowest BCUT2D eigenvalue weighted by Crippen LogP contribution is -2.32. The summed E-state index contributed by atoms with van der Waals surface area (Å²) in [5, 5.41) is 0. The van der Waals surface area contributed by atoms with E-state index >= 15 is 0 Å². The Morgan fingerprint density at radius 3 is 2.58 bits per heavy atom. The van der Waals surface area contributed by atoms with E-state index in [1.165, 1.54) is 5.56 Å². The molecule has 0 bridgehead atoms. The van der Waals surface area contributed by atoms with Crippen LogP contribution in [0.3, 0.4) is 0 Å². The number of halogens is 1. The molecule has 1 aromatic rings. The number of thioether (sulfide) groups is 1. The number of nitrogens with two attached hydrogens (primary N) is 1. The number of nitrogens with zero attached hydrogens (tertiary/aromatic N) is 1. The van der Waals surface area contributed by atoms with E-state index in [1.807, 2.05) is 29.4 Å². The van der Waals surface area contributed by atoms with E-state index in [0.717, 1.165) is 18.7 Å². The fourth-order valence-corrected chi connectivity index (χ4v) is 2.10. The van der Waals surface area contributed by atoms with Gasteiger partial charge in [-0.1, -0.05) is 30.3 Å². The lowest BCUT2D eigenvalue weighted by atomic mass is 10.2. The highest BCUT2D eigenvalue weighted by Crippen LogP contribution is 2.08. The molecule has 3 nitrogen and oxygen atoms in total. The van der Waals surface area contributed by atoms with Crippen LogP contribution in [0.15, 0.2) is 30.3 Å². The highest BCUT2D eigenvalue weighted by atomic mass is 35.5. The molecule has 0 saturated heterocycles. The molecular weight excluding hydrogens is 280 g/mol. The van der Waals surface area contributed by atoms with Gasteiger partial charge in [0, 0.05) is 25.3 Å². The zero-order valence-electron chi connectivity index (χ0n) is 11.4. The second-order valence-electron chi connectivity index (χ2n) is 4.19.